The maximum Gasteiger partial charge on any atom is 0.573 e. The Morgan fingerprint density at radius 1 is 1.04 bits per heavy atom. The zero-order valence-corrected chi connectivity index (χ0v) is 13.0. The first-order chi connectivity index (χ1) is 11.8. The third kappa shape index (κ3) is 5.70. The van der Waals surface area contributed by atoms with Crippen LogP contribution in [0.3, 0.4) is 0 Å². The number of alkyl halides is 3. The van der Waals surface area contributed by atoms with Crippen molar-refractivity contribution in [2.45, 2.75) is 19.2 Å². The van der Waals surface area contributed by atoms with Gasteiger partial charge in [0, 0.05) is 18.3 Å². The molecule has 0 aliphatic rings. The number of hydrogen-bond donors (Lipinski definition) is 0. The quantitative estimate of drug-likeness (QED) is 0.368. The van der Waals surface area contributed by atoms with Crippen molar-refractivity contribution in [3.63, 3.8) is 0 Å². The van der Waals surface area contributed by atoms with Gasteiger partial charge in [-0.25, -0.2) is 8.78 Å². The number of benzene rings is 2. The van der Waals surface area contributed by atoms with Crippen LogP contribution in [0.5, 0.6) is 5.75 Å². The summed E-state index contributed by atoms with van der Waals surface area (Å²) in [5, 5.41) is 0. The highest BCUT2D eigenvalue weighted by molar-refractivity contribution is 5.82. The minimum absolute atomic E-state index is 0.166. The molecule has 25 heavy (non-hydrogen) atoms. The number of nitrogens with zero attached hydrogens (tertiary/aromatic N) is 1. The predicted molar refractivity (Wildman–Crippen MR) is 85.3 cm³/mol. The number of halogens is 5. The lowest BCUT2D eigenvalue weighted by Crippen LogP contribution is -2.18. The van der Waals surface area contributed by atoms with E-state index in [1.54, 1.807) is 12.1 Å². The summed E-state index contributed by atoms with van der Waals surface area (Å²) in [5.74, 6) is -4.47. The Morgan fingerprint density at radius 2 is 1.64 bits per heavy atom. The van der Waals surface area contributed by atoms with Gasteiger partial charge in [-0.15, -0.1) is 19.8 Å². The van der Waals surface area contributed by atoms with Gasteiger partial charge < -0.3 is 4.74 Å². The zero-order chi connectivity index (χ0) is 18.4. The average molecular weight is 355 g/mol. The van der Waals surface area contributed by atoms with Gasteiger partial charge in [-0.3, -0.25) is 4.99 Å². The van der Waals surface area contributed by atoms with Crippen molar-refractivity contribution in [1.82, 2.24) is 0 Å². The third-order valence-electron chi connectivity index (χ3n) is 3.18. The molecule has 2 nitrogen and oxygen atoms in total. The van der Waals surface area contributed by atoms with Crippen molar-refractivity contribution in [2.75, 3.05) is 0 Å². The van der Waals surface area contributed by atoms with Crippen LogP contribution in [0.25, 0.3) is 0 Å². The summed E-state index contributed by atoms with van der Waals surface area (Å²) in [6, 6.07) is 8.64. The normalized spacial score (nSPS) is 11.7. The summed E-state index contributed by atoms with van der Waals surface area (Å²) in [6.07, 6.45) is -0.323. The summed E-state index contributed by atoms with van der Waals surface area (Å²) >= 11 is 0. The third-order valence-corrected chi connectivity index (χ3v) is 3.18. The number of allylic oxidation sites excluding steroid dienone is 1. The first-order valence-electron chi connectivity index (χ1n) is 7.27. The SMILES string of the molecule is C=CCCc1ccc(C=Nc2cc(F)c(OC(F)(F)F)c(F)c2)cc1. The van der Waals surface area contributed by atoms with Gasteiger partial charge in [-0.2, -0.15) is 0 Å². The van der Waals surface area contributed by atoms with Crippen LogP contribution in [0.15, 0.2) is 54.0 Å². The molecular weight excluding hydrogens is 341 g/mol. The van der Waals surface area contributed by atoms with Gasteiger partial charge in [0.1, 0.15) is 0 Å². The number of aryl methyl sites for hydroxylation is 1. The van der Waals surface area contributed by atoms with Crippen LogP contribution >= 0.6 is 0 Å². The fourth-order valence-electron chi connectivity index (χ4n) is 2.02. The summed E-state index contributed by atoms with van der Waals surface area (Å²) in [5.41, 5.74) is 1.61. The molecule has 0 atom stereocenters. The van der Waals surface area contributed by atoms with Crippen molar-refractivity contribution in [3.05, 3.63) is 71.8 Å². The van der Waals surface area contributed by atoms with Crippen LogP contribution in [0.2, 0.25) is 0 Å². The molecule has 0 aliphatic heterocycles. The molecule has 0 heterocycles. The van der Waals surface area contributed by atoms with E-state index in [2.05, 4.69) is 16.3 Å². The highest BCUT2D eigenvalue weighted by Crippen LogP contribution is 2.31. The second kappa shape index (κ2) is 7.92. The standard InChI is InChI=1S/C18H14F5NO/c1-2-3-4-12-5-7-13(8-6-12)11-24-14-9-15(19)17(16(20)10-14)25-18(21,22)23/h2,5-11H,1,3-4H2. The largest absolute Gasteiger partial charge is 0.573 e. The van der Waals surface area contributed by atoms with E-state index < -0.39 is 23.7 Å². The van der Waals surface area contributed by atoms with Crippen LogP contribution in [0.1, 0.15) is 17.5 Å². The van der Waals surface area contributed by atoms with E-state index in [1.807, 2.05) is 18.2 Å². The molecule has 0 radical (unpaired) electrons. The van der Waals surface area contributed by atoms with Crippen molar-refractivity contribution in [2.24, 2.45) is 4.99 Å². The molecule has 7 heteroatoms. The molecule has 0 N–H and O–H groups in total. The first kappa shape index (κ1) is 18.6. The monoisotopic (exact) mass is 355 g/mol. The Labute approximate surface area is 141 Å². The van der Waals surface area contributed by atoms with E-state index in [9.17, 15) is 22.0 Å². The fourth-order valence-corrected chi connectivity index (χ4v) is 2.02. The summed E-state index contributed by atoms with van der Waals surface area (Å²) in [6.45, 7) is 3.64. The average Bonchev–Trinajstić information content (AvgIpc) is 2.54. The van der Waals surface area contributed by atoms with Crippen LogP contribution in [-0.2, 0) is 6.42 Å². The molecule has 2 rings (SSSR count). The molecule has 0 amide bonds. The number of aliphatic imine (C=N–C) groups is 1. The minimum Gasteiger partial charge on any atom is -0.399 e. The molecule has 0 unspecified atom stereocenters. The highest BCUT2D eigenvalue weighted by atomic mass is 19.4. The van der Waals surface area contributed by atoms with Crippen molar-refractivity contribution < 1.29 is 26.7 Å². The Kier molecular flexibility index (Phi) is 5.90. The molecule has 0 bridgehead atoms. The predicted octanol–water partition coefficient (Wildman–Crippen LogP) is 5.73. The van der Waals surface area contributed by atoms with E-state index in [0.29, 0.717) is 17.7 Å². The Bertz CT molecular complexity index is 743. The van der Waals surface area contributed by atoms with Crippen LogP contribution in [0.4, 0.5) is 27.6 Å². The van der Waals surface area contributed by atoms with Gasteiger partial charge >= 0.3 is 6.36 Å². The summed E-state index contributed by atoms with van der Waals surface area (Å²) in [4.78, 5) is 3.87. The molecule has 0 aliphatic carbocycles. The van der Waals surface area contributed by atoms with Crippen molar-refractivity contribution >= 4 is 11.9 Å². The Morgan fingerprint density at radius 3 is 2.16 bits per heavy atom. The van der Waals surface area contributed by atoms with Crippen molar-refractivity contribution in [3.8, 4) is 5.75 Å². The van der Waals surface area contributed by atoms with Gasteiger partial charge in [0.2, 0.25) is 5.75 Å². The second-order valence-electron chi connectivity index (χ2n) is 5.11. The maximum atomic E-state index is 13.6. The van der Waals surface area contributed by atoms with Gasteiger partial charge in [-0.1, -0.05) is 30.3 Å². The maximum absolute atomic E-state index is 13.6. The van der Waals surface area contributed by atoms with Gasteiger partial charge in [-0.05, 0) is 24.0 Å². The molecular formula is C18H14F5NO. The first-order valence-corrected chi connectivity index (χ1v) is 7.27. The van der Waals surface area contributed by atoms with Gasteiger partial charge in [0.25, 0.3) is 0 Å². The lowest BCUT2D eigenvalue weighted by atomic mass is 10.1. The molecule has 2 aromatic carbocycles. The highest BCUT2D eigenvalue weighted by Gasteiger charge is 2.34. The van der Waals surface area contributed by atoms with Crippen LogP contribution < -0.4 is 4.74 Å². The van der Waals surface area contributed by atoms with Crippen molar-refractivity contribution in [1.29, 1.82) is 0 Å². The Balaban J connectivity index is 2.14. The second-order valence-corrected chi connectivity index (χ2v) is 5.11. The van der Waals surface area contributed by atoms with E-state index >= 15 is 0 Å². The summed E-state index contributed by atoms with van der Waals surface area (Å²) < 4.78 is 66.8. The minimum atomic E-state index is -5.18. The number of rotatable bonds is 6. The summed E-state index contributed by atoms with van der Waals surface area (Å²) in [7, 11) is 0. The topological polar surface area (TPSA) is 21.6 Å². The van der Waals surface area contributed by atoms with E-state index in [0.717, 1.165) is 18.4 Å². The molecule has 0 aromatic heterocycles. The lowest BCUT2D eigenvalue weighted by Gasteiger charge is -2.10. The fraction of sp³-hybridized carbons (Fsp3) is 0.167. The Hall–Kier alpha value is -2.70. The van der Waals surface area contributed by atoms with Crippen LogP contribution in [0, 0.1) is 11.6 Å². The number of ether oxygens (including phenoxy) is 1. The molecule has 0 fully saturated rings. The van der Waals surface area contributed by atoms with E-state index in [4.69, 9.17) is 0 Å². The molecule has 0 saturated carbocycles. The molecule has 132 valence electrons. The molecule has 2 aromatic rings. The van der Waals surface area contributed by atoms with Gasteiger partial charge in [0.05, 0.1) is 5.69 Å². The zero-order valence-electron chi connectivity index (χ0n) is 13.0. The van der Waals surface area contributed by atoms with E-state index in [-0.39, 0.29) is 5.69 Å². The van der Waals surface area contributed by atoms with Gasteiger partial charge in [0.15, 0.2) is 11.6 Å². The number of hydrogen-bond acceptors (Lipinski definition) is 2. The molecule has 0 spiro atoms. The smallest absolute Gasteiger partial charge is 0.399 e. The molecule has 0 saturated heterocycles. The van der Waals surface area contributed by atoms with Crippen LogP contribution in [-0.4, -0.2) is 12.6 Å². The van der Waals surface area contributed by atoms with E-state index in [1.165, 1.54) is 6.21 Å². The lowest BCUT2D eigenvalue weighted by molar-refractivity contribution is -0.276.